The summed E-state index contributed by atoms with van der Waals surface area (Å²) in [5.41, 5.74) is 9.03. The second-order valence-corrected chi connectivity index (χ2v) is 7.68. The molecule has 0 bridgehead atoms. The van der Waals surface area contributed by atoms with Crippen LogP contribution in [-0.4, -0.2) is 40.2 Å². The minimum absolute atomic E-state index is 0.0260. The third-order valence-electron chi connectivity index (χ3n) is 4.97. The van der Waals surface area contributed by atoms with Gasteiger partial charge < -0.3 is 25.3 Å². The number of hydrogen-bond acceptors (Lipinski definition) is 5. The van der Waals surface area contributed by atoms with Crippen LogP contribution in [0.25, 0.3) is 11.3 Å². The van der Waals surface area contributed by atoms with Crippen molar-refractivity contribution in [1.82, 2.24) is 14.9 Å². The molecule has 29 heavy (non-hydrogen) atoms. The molecule has 0 unspecified atom stereocenters. The minimum Gasteiger partial charge on any atom is -0.447 e. The van der Waals surface area contributed by atoms with Gasteiger partial charge in [0.2, 0.25) is 5.91 Å². The van der Waals surface area contributed by atoms with Crippen molar-refractivity contribution in [1.29, 1.82) is 0 Å². The molecule has 2 amide bonds. The number of hydrogen-bond donors (Lipinski definition) is 2. The largest absolute Gasteiger partial charge is 0.447 e. The Morgan fingerprint density at radius 2 is 2.14 bits per heavy atom. The molecule has 2 heterocycles. The van der Waals surface area contributed by atoms with E-state index in [1.54, 1.807) is 18.2 Å². The number of anilines is 1. The van der Waals surface area contributed by atoms with Crippen molar-refractivity contribution >= 4 is 17.7 Å². The Kier molecular flexibility index (Phi) is 6.22. The number of fused-ring (bicyclic) bond motifs is 1. The lowest BCUT2D eigenvalue weighted by Crippen LogP contribution is -2.45. The van der Waals surface area contributed by atoms with Crippen LogP contribution in [0, 0.1) is 0 Å². The highest BCUT2D eigenvalue weighted by molar-refractivity contribution is 5.94. The summed E-state index contributed by atoms with van der Waals surface area (Å²) in [5, 5.41) is 2.96. The average molecular weight is 399 g/mol. The maximum atomic E-state index is 12.3. The van der Waals surface area contributed by atoms with Crippen LogP contribution in [0.4, 0.5) is 10.5 Å². The van der Waals surface area contributed by atoms with Crippen LogP contribution >= 0.6 is 0 Å². The highest BCUT2D eigenvalue weighted by atomic mass is 16.6. The summed E-state index contributed by atoms with van der Waals surface area (Å²) in [6.07, 6.45) is 3.63. The Hall–Kier alpha value is -2.87. The van der Waals surface area contributed by atoms with Crippen LogP contribution in [0.15, 0.2) is 30.7 Å². The standard InChI is InChI=1S/C21H29N5O3/c1-13(2)29-21(28)24-18-9-14(3)26(15(4)27)20-6-5-16(10-17(18)20)19-11-25(8-7-22)12-23-19/h5-6,10-14,18H,7-9,22H2,1-4H3,(H,24,28)/t14-,18+/m0/s1. The summed E-state index contributed by atoms with van der Waals surface area (Å²) in [6, 6.07) is 5.57. The molecule has 3 N–H and O–H groups in total. The second kappa shape index (κ2) is 8.65. The van der Waals surface area contributed by atoms with Gasteiger partial charge in [0, 0.05) is 43.5 Å². The molecule has 0 spiro atoms. The van der Waals surface area contributed by atoms with E-state index < -0.39 is 6.09 Å². The molecule has 0 fully saturated rings. The number of ether oxygens (including phenoxy) is 1. The molecule has 1 aliphatic heterocycles. The lowest BCUT2D eigenvalue weighted by Gasteiger charge is -2.39. The van der Waals surface area contributed by atoms with Crippen LogP contribution in [0.1, 0.15) is 45.7 Å². The van der Waals surface area contributed by atoms with E-state index in [-0.39, 0.29) is 24.1 Å². The van der Waals surface area contributed by atoms with Crippen molar-refractivity contribution in [3.63, 3.8) is 0 Å². The van der Waals surface area contributed by atoms with E-state index in [9.17, 15) is 9.59 Å². The van der Waals surface area contributed by atoms with Crippen LogP contribution in [-0.2, 0) is 16.1 Å². The van der Waals surface area contributed by atoms with Gasteiger partial charge in [0.05, 0.1) is 24.2 Å². The molecule has 8 nitrogen and oxygen atoms in total. The molecule has 1 aliphatic rings. The van der Waals surface area contributed by atoms with E-state index in [4.69, 9.17) is 10.5 Å². The fourth-order valence-electron chi connectivity index (χ4n) is 3.81. The van der Waals surface area contributed by atoms with Crippen molar-refractivity contribution in [3.8, 4) is 11.3 Å². The van der Waals surface area contributed by atoms with Gasteiger partial charge in [-0.15, -0.1) is 0 Å². The minimum atomic E-state index is -0.461. The van der Waals surface area contributed by atoms with E-state index in [1.807, 2.05) is 49.7 Å². The number of rotatable bonds is 5. The Bertz CT molecular complexity index is 892. The molecule has 0 saturated heterocycles. The summed E-state index contributed by atoms with van der Waals surface area (Å²) in [7, 11) is 0. The molecule has 0 aliphatic carbocycles. The summed E-state index contributed by atoms with van der Waals surface area (Å²) >= 11 is 0. The van der Waals surface area contributed by atoms with E-state index in [0.717, 1.165) is 22.5 Å². The zero-order valence-electron chi connectivity index (χ0n) is 17.4. The zero-order valence-corrected chi connectivity index (χ0v) is 17.4. The van der Waals surface area contributed by atoms with Crippen molar-refractivity contribution in [2.24, 2.45) is 5.73 Å². The predicted octanol–water partition coefficient (Wildman–Crippen LogP) is 2.83. The SMILES string of the molecule is CC(=O)N1c2ccc(-c3cn(CCN)cn3)cc2[C@H](NC(=O)OC(C)C)C[C@@H]1C. The molecule has 2 aromatic rings. The van der Waals surface area contributed by atoms with E-state index in [0.29, 0.717) is 19.5 Å². The van der Waals surface area contributed by atoms with Gasteiger partial charge in [0.1, 0.15) is 0 Å². The molecule has 156 valence electrons. The molecule has 1 aromatic carbocycles. The van der Waals surface area contributed by atoms with Crippen molar-refractivity contribution in [2.75, 3.05) is 11.4 Å². The van der Waals surface area contributed by atoms with Gasteiger partial charge >= 0.3 is 6.09 Å². The number of imidazole rings is 1. The summed E-state index contributed by atoms with van der Waals surface area (Å²) in [6.45, 7) is 8.39. The Morgan fingerprint density at radius 3 is 2.79 bits per heavy atom. The third kappa shape index (κ3) is 4.59. The fraction of sp³-hybridized carbons (Fsp3) is 0.476. The highest BCUT2D eigenvalue weighted by Gasteiger charge is 2.33. The topological polar surface area (TPSA) is 102 Å². The predicted molar refractivity (Wildman–Crippen MR) is 111 cm³/mol. The lowest BCUT2D eigenvalue weighted by molar-refractivity contribution is -0.117. The fourth-order valence-corrected chi connectivity index (χ4v) is 3.81. The number of carbonyl (C=O) groups is 2. The van der Waals surface area contributed by atoms with Gasteiger partial charge in [-0.25, -0.2) is 9.78 Å². The molecule has 2 atom stereocenters. The smallest absolute Gasteiger partial charge is 0.407 e. The first kappa shape index (κ1) is 20.9. The van der Waals surface area contributed by atoms with Crippen LogP contribution in [0.3, 0.4) is 0 Å². The second-order valence-electron chi connectivity index (χ2n) is 7.68. The number of alkyl carbamates (subject to hydrolysis) is 1. The highest BCUT2D eigenvalue weighted by Crippen LogP contribution is 2.39. The Balaban J connectivity index is 1.98. The first-order valence-corrected chi connectivity index (χ1v) is 9.93. The van der Waals surface area contributed by atoms with Gasteiger partial charge in [0.15, 0.2) is 0 Å². The lowest BCUT2D eigenvalue weighted by atomic mass is 9.90. The molecule has 0 saturated carbocycles. The monoisotopic (exact) mass is 399 g/mol. The number of carbonyl (C=O) groups excluding carboxylic acids is 2. The van der Waals surface area contributed by atoms with Crippen LogP contribution in [0.2, 0.25) is 0 Å². The van der Waals surface area contributed by atoms with Crippen molar-refractivity contribution in [3.05, 3.63) is 36.3 Å². The maximum absolute atomic E-state index is 12.3. The van der Waals surface area contributed by atoms with E-state index in [1.165, 1.54) is 0 Å². The summed E-state index contributed by atoms with van der Waals surface area (Å²) in [5.74, 6) is -0.0260. The molecule has 1 aromatic heterocycles. The maximum Gasteiger partial charge on any atom is 0.407 e. The average Bonchev–Trinajstić information content (AvgIpc) is 3.09. The van der Waals surface area contributed by atoms with Crippen LogP contribution in [0.5, 0.6) is 0 Å². The van der Waals surface area contributed by atoms with E-state index >= 15 is 0 Å². The molecule has 3 rings (SSSR count). The molecule has 8 heteroatoms. The number of nitrogens with zero attached hydrogens (tertiary/aromatic N) is 3. The quantitative estimate of drug-likeness (QED) is 0.805. The van der Waals surface area contributed by atoms with Gasteiger partial charge in [-0.05, 0) is 44.9 Å². The first-order valence-electron chi connectivity index (χ1n) is 9.93. The van der Waals surface area contributed by atoms with E-state index in [2.05, 4.69) is 10.3 Å². The number of nitrogens with one attached hydrogen (secondary N) is 1. The summed E-state index contributed by atoms with van der Waals surface area (Å²) < 4.78 is 7.20. The number of benzene rings is 1. The van der Waals surface area contributed by atoms with Crippen molar-refractivity contribution in [2.45, 2.75) is 58.8 Å². The number of aromatic nitrogens is 2. The van der Waals surface area contributed by atoms with Gasteiger partial charge in [-0.3, -0.25) is 4.79 Å². The third-order valence-corrected chi connectivity index (χ3v) is 4.97. The van der Waals surface area contributed by atoms with Crippen molar-refractivity contribution < 1.29 is 14.3 Å². The van der Waals surface area contributed by atoms with Gasteiger partial charge in [0.25, 0.3) is 0 Å². The first-order chi connectivity index (χ1) is 13.8. The normalized spacial score (nSPS) is 18.5. The summed E-state index contributed by atoms with van der Waals surface area (Å²) in [4.78, 5) is 30.7. The number of amides is 2. The number of nitrogens with two attached hydrogens (primary N) is 1. The molecular formula is C21H29N5O3. The molecule has 0 radical (unpaired) electrons. The van der Waals surface area contributed by atoms with Crippen LogP contribution < -0.4 is 16.0 Å². The van der Waals surface area contributed by atoms with Gasteiger partial charge in [-0.2, -0.15) is 0 Å². The van der Waals surface area contributed by atoms with Gasteiger partial charge in [-0.1, -0.05) is 6.07 Å². The Labute approximate surface area is 171 Å². The Morgan fingerprint density at radius 1 is 1.38 bits per heavy atom. The zero-order chi connectivity index (χ0) is 21.1. The molecular weight excluding hydrogens is 370 g/mol.